The van der Waals surface area contributed by atoms with Crippen molar-refractivity contribution < 1.29 is 18.7 Å². The minimum Gasteiger partial charge on any atom is -0.489 e. The molecule has 7 heteroatoms. The maximum absolute atomic E-state index is 14.0. The molecule has 0 bridgehead atoms. The largest absolute Gasteiger partial charge is 0.489 e. The Bertz CT molecular complexity index is 531. The Morgan fingerprint density at radius 2 is 1.95 bits per heavy atom. The molecule has 1 aromatic carbocycles. The minimum atomic E-state index is -0.508. The van der Waals surface area contributed by atoms with Gasteiger partial charge in [0.1, 0.15) is 23.5 Å². The van der Waals surface area contributed by atoms with Crippen LogP contribution in [0.5, 0.6) is 11.5 Å². The molecule has 1 rings (SSSR count). The van der Waals surface area contributed by atoms with E-state index in [-0.39, 0.29) is 30.1 Å². The molecule has 122 valence electrons. The lowest BCUT2D eigenvalue weighted by Gasteiger charge is -2.12. The van der Waals surface area contributed by atoms with Crippen molar-refractivity contribution in [1.82, 2.24) is 0 Å². The molecule has 0 heterocycles. The van der Waals surface area contributed by atoms with E-state index in [0.717, 1.165) is 5.71 Å². The number of hydrogen-bond donors (Lipinski definition) is 0. The first-order valence-electron chi connectivity index (χ1n) is 6.60. The van der Waals surface area contributed by atoms with E-state index in [0.29, 0.717) is 11.3 Å². The quantitative estimate of drug-likeness (QED) is 0.390. The van der Waals surface area contributed by atoms with Gasteiger partial charge in [-0.05, 0) is 38.5 Å². The van der Waals surface area contributed by atoms with Crippen molar-refractivity contribution in [2.45, 2.75) is 20.8 Å². The Balaban J connectivity index is 2.58. The Labute approximate surface area is 139 Å². The second kappa shape index (κ2) is 9.54. The van der Waals surface area contributed by atoms with Crippen molar-refractivity contribution in [2.75, 3.05) is 19.8 Å². The molecule has 0 unspecified atom stereocenters. The molecule has 0 amide bonds. The molecule has 0 saturated heterocycles. The molecule has 0 atom stereocenters. The van der Waals surface area contributed by atoms with Gasteiger partial charge in [0.05, 0.1) is 5.71 Å². The summed E-state index contributed by atoms with van der Waals surface area (Å²) in [5.74, 6) is 0.0285. The summed E-state index contributed by atoms with van der Waals surface area (Å²) in [6, 6.07) is 2.91. The van der Waals surface area contributed by atoms with Crippen LogP contribution in [0.15, 0.2) is 27.9 Å². The number of oxime groups is 1. The average molecular weight is 350 g/mol. The van der Waals surface area contributed by atoms with E-state index in [1.807, 2.05) is 13.8 Å². The first-order valence-corrected chi connectivity index (χ1v) is 7.35. The lowest BCUT2D eigenvalue weighted by Crippen LogP contribution is -2.07. The van der Waals surface area contributed by atoms with Crippen molar-refractivity contribution in [1.29, 1.82) is 0 Å². The molecular formula is C15H18Cl2FNO3. The highest BCUT2D eigenvalue weighted by Crippen LogP contribution is 2.27. The van der Waals surface area contributed by atoms with Crippen molar-refractivity contribution in [3.63, 3.8) is 0 Å². The monoisotopic (exact) mass is 349 g/mol. The van der Waals surface area contributed by atoms with Gasteiger partial charge in [-0.15, -0.1) is 0 Å². The van der Waals surface area contributed by atoms with Crippen LogP contribution in [-0.4, -0.2) is 25.5 Å². The zero-order valence-corrected chi connectivity index (χ0v) is 14.2. The molecule has 22 heavy (non-hydrogen) atoms. The van der Waals surface area contributed by atoms with Gasteiger partial charge in [0, 0.05) is 6.07 Å². The van der Waals surface area contributed by atoms with Gasteiger partial charge in [0.2, 0.25) is 0 Å². The van der Waals surface area contributed by atoms with Crippen LogP contribution in [-0.2, 0) is 4.84 Å². The van der Waals surface area contributed by atoms with E-state index in [1.165, 1.54) is 12.1 Å². The fourth-order valence-electron chi connectivity index (χ4n) is 1.52. The zero-order chi connectivity index (χ0) is 16.5. The third kappa shape index (κ3) is 7.00. The molecule has 4 nitrogen and oxygen atoms in total. The molecule has 0 aliphatic carbocycles. The van der Waals surface area contributed by atoms with Gasteiger partial charge < -0.3 is 14.3 Å². The fraction of sp³-hybridized carbons (Fsp3) is 0.400. The Hall–Kier alpha value is -1.46. The molecule has 0 saturated carbocycles. The van der Waals surface area contributed by atoms with Gasteiger partial charge >= 0.3 is 0 Å². The molecule has 0 fully saturated rings. The topological polar surface area (TPSA) is 40.0 Å². The smallest absolute Gasteiger partial charge is 0.169 e. The van der Waals surface area contributed by atoms with E-state index in [4.69, 9.17) is 37.5 Å². The van der Waals surface area contributed by atoms with Crippen molar-refractivity contribution in [3.05, 3.63) is 34.1 Å². The molecule has 0 spiro atoms. The van der Waals surface area contributed by atoms with Crippen LogP contribution in [0, 0.1) is 12.7 Å². The molecule has 0 aliphatic heterocycles. The van der Waals surface area contributed by atoms with Crippen molar-refractivity contribution >= 4 is 28.9 Å². The minimum absolute atomic E-state index is 0.0992. The Kier molecular flexibility index (Phi) is 8.06. The lowest BCUT2D eigenvalue weighted by molar-refractivity contribution is 0.105. The summed E-state index contributed by atoms with van der Waals surface area (Å²) < 4.78 is 24.8. The van der Waals surface area contributed by atoms with E-state index in [1.54, 1.807) is 13.0 Å². The number of halogens is 3. The first-order chi connectivity index (χ1) is 10.4. The highest BCUT2D eigenvalue weighted by molar-refractivity contribution is 6.55. The van der Waals surface area contributed by atoms with Gasteiger partial charge in [-0.1, -0.05) is 28.4 Å². The predicted molar refractivity (Wildman–Crippen MR) is 86.7 cm³/mol. The second-order valence-corrected chi connectivity index (χ2v) is 5.58. The number of ether oxygens (including phenoxy) is 2. The van der Waals surface area contributed by atoms with Crippen LogP contribution < -0.4 is 9.47 Å². The number of aryl methyl sites for hydroxylation is 1. The van der Waals surface area contributed by atoms with Crippen LogP contribution in [0.25, 0.3) is 0 Å². The highest BCUT2D eigenvalue weighted by atomic mass is 35.5. The van der Waals surface area contributed by atoms with E-state index < -0.39 is 5.82 Å². The third-order valence-corrected chi connectivity index (χ3v) is 2.67. The van der Waals surface area contributed by atoms with Crippen molar-refractivity contribution in [3.8, 4) is 11.5 Å². The maximum Gasteiger partial charge on any atom is 0.169 e. The van der Waals surface area contributed by atoms with Gasteiger partial charge in [-0.25, -0.2) is 4.39 Å². The molecular weight excluding hydrogens is 332 g/mol. The Morgan fingerprint density at radius 1 is 1.23 bits per heavy atom. The molecule has 0 aromatic heterocycles. The highest BCUT2D eigenvalue weighted by Gasteiger charge is 2.10. The van der Waals surface area contributed by atoms with Crippen LogP contribution >= 0.6 is 23.2 Å². The summed E-state index contributed by atoms with van der Waals surface area (Å²) in [7, 11) is 0. The predicted octanol–water partition coefficient (Wildman–Crippen LogP) is 4.62. The van der Waals surface area contributed by atoms with E-state index in [9.17, 15) is 4.39 Å². The second-order valence-electron chi connectivity index (χ2n) is 4.58. The standard InChI is InChI=1S/C15H18Cl2FNO3/c1-10(2)19-22-7-6-21-15-11(3)8-12(9-13(15)18)20-5-4-14(16)17/h4,8-9H,5-7H2,1-3H3. The van der Waals surface area contributed by atoms with Crippen LogP contribution in [0.4, 0.5) is 4.39 Å². The molecule has 0 N–H and O–H groups in total. The van der Waals surface area contributed by atoms with Gasteiger partial charge in [0.15, 0.2) is 18.2 Å². The van der Waals surface area contributed by atoms with Crippen LogP contribution in [0.3, 0.4) is 0 Å². The normalized spacial score (nSPS) is 9.91. The number of hydrogen-bond acceptors (Lipinski definition) is 4. The summed E-state index contributed by atoms with van der Waals surface area (Å²) >= 11 is 10.9. The summed E-state index contributed by atoms with van der Waals surface area (Å²) in [5.41, 5.74) is 1.42. The lowest BCUT2D eigenvalue weighted by atomic mass is 10.2. The maximum atomic E-state index is 14.0. The molecule has 0 radical (unpaired) electrons. The fourth-order valence-corrected chi connectivity index (χ4v) is 1.65. The summed E-state index contributed by atoms with van der Waals surface area (Å²) in [6.07, 6.45) is 1.47. The number of rotatable bonds is 8. The zero-order valence-electron chi connectivity index (χ0n) is 12.7. The molecule has 0 aliphatic rings. The van der Waals surface area contributed by atoms with E-state index in [2.05, 4.69) is 5.16 Å². The Morgan fingerprint density at radius 3 is 2.55 bits per heavy atom. The molecule has 1 aromatic rings. The SMILES string of the molecule is CC(C)=NOCCOc1c(C)cc(OCC=C(Cl)Cl)cc1F. The van der Waals surface area contributed by atoms with Gasteiger partial charge in [-0.2, -0.15) is 0 Å². The van der Waals surface area contributed by atoms with Crippen molar-refractivity contribution in [2.24, 2.45) is 5.16 Å². The summed E-state index contributed by atoms with van der Waals surface area (Å²) in [4.78, 5) is 4.98. The number of benzene rings is 1. The summed E-state index contributed by atoms with van der Waals surface area (Å²) in [6.45, 7) is 5.95. The van der Waals surface area contributed by atoms with Crippen LogP contribution in [0.1, 0.15) is 19.4 Å². The average Bonchev–Trinajstić information content (AvgIpc) is 2.40. The third-order valence-electron chi connectivity index (χ3n) is 2.36. The van der Waals surface area contributed by atoms with Gasteiger partial charge in [0.25, 0.3) is 0 Å². The van der Waals surface area contributed by atoms with E-state index >= 15 is 0 Å². The number of nitrogens with zero attached hydrogens (tertiary/aromatic N) is 1. The van der Waals surface area contributed by atoms with Gasteiger partial charge in [-0.3, -0.25) is 0 Å². The first kappa shape index (κ1) is 18.6. The summed E-state index contributed by atoms with van der Waals surface area (Å²) in [5, 5.41) is 3.76. The van der Waals surface area contributed by atoms with Crippen LogP contribution in [0.2, 0.25) is 0 Å².